The van der Waals surface area contributed by atoms with Gasteiger partial charge < -0.3 is 0 Å². The minimum Gasteiger partial charge on any atom is -0.261 e. The van der Waals surface area contributed by atoms with Crippen LogP contribution in [-0.4, -0.2) is 17.5 Å². The van der Waals surface area contributed by atoms with Crippen LogP contribution in [0.3, 0.4) is 0 Å². The highest BCUT2D eigenvalue weighted by Crippen LogP contribution is 2.08. The zero-order valence-electron chi connectivity index (χ0n) is 5.69. The van der Waals surface area contributed by atoms with Gasteiger partial charge in [0.15, 0.2) is 0 Å². The fraction of sp³-hybridized carbons (Fsp3) is 0.833. The lowest BCUT2D eigenvalue weighted by molar-refractivity contribution is -0.132. The molecule has 9 heavy (non-hydrogen) atoms. The molecule has 1 unspecified atom stereocenters. The average Bonchev–Trinajstić information content (AvgIpc) is 1.82. The number of carbonyl (C=O) groups excluding carboxylic acids is 1. The van der Waals surface area contributed by atoms with E-state index in [0.29, 0.717) is 5.75 Å². The van der Waals surface area contributed by atoms with Crippen molar-refractivity contribution in [2.45, 2.75) is 13.8 Å². The molecule has 1 atom stereocenters. The summed E-state index contributed by atoms with van der Waals surface area (Å²) in [5, 5.41) is 0. The molecule has 0 N–H and O–H groups in total. The van der Waals surface area contributed by atoms with E-state index in [1.165, 1.54) is 0 Å². The molecule has 0 saturated heterocycles. The fourth-order valence-electron chi connectivity index (χ4n) is 0.360. The quantitative estimate of drug-likeness (QED) is 0.569. The van der Waals surface area contributed by atoms with Crippen molar-refractivity contribution in [1.29, 1.82) is 0 Å². The Balaban J connectivity index is 3.27. The highest BCUT2D eigenvalue weighted by atomic mass is 32.2. The lowest BCUT2D eigenvalue weighted by Crippen LogP contribution is -2.07. The van der Waals surface area contributed by atoms with Crippen molar-refractivity contribution in [2.24, 2.45) is 5.92 Å². The molecule has 0 aromatic rings. The van der Waals surface area contributed by atoms with Gasteiger partial charge in [-0.3, -0.25) is 4.79 Å². The summed E-state index contributed by atoms with van der Waals surface area (Å²) < 4.78 is 11.8. The number of hydrogen-bond acceptors (Lipinski definition) is 2. The van der Waals surface area contributed by atoms with E-state index in [2.05, 4.69) is 0 Å². The van der Waals surface area contributed by atoms with Gasteiger partial charge in [0, 0.05) is 5.75 Å². The topological polar surface area (TPSA) is 17.1 Å². The summed E-state index contributed by atoms with van der Waals surface area (Å²) in [5.74, 6) is 1.12. The molecule has 0 spiro atoms. The number of hydrogen-bond donors (Lipinski definition) is 0. The number of carbonyl (C=O) groups is 1. The first-order valence-electron chi connectivity index (χ1n) is 2.95. The van der Waals surface area contributed by atoms with Gasteiger partial charge in [-0.05, 0) is 5.75 Å². The minimum absolute atomic E-state index is 0.421. The van der Waals surface area contributed by atoms with Gasteiger partial charge >= 0.3 is 6.04 Å². The van der Waals surface area contributed by atoms with Crippen molar-refractivity contribution in [1.82, 2.24) is 0 Å². The van der Waals surface area contributed by atoms with Crippen molar-refractivity contribution in [3.05, 3.63) is 0 Å². The Morgan fingerprint density at radius 3 is 2.67 bits per heavy atom. The van der Waals surface area contributed by atoms with Crippen LogP contribution < -0.4 is 0 Å². The van der Waals surface area contributed by atoms with Gasteiger partial charge in [0.1, 0.15) is 0 Å². The van der Waals surface area contributed by atoms with Gasteiger partial charge in [0.25, 0.3) is 0 Å². The maximum atomic E-state index is 11.8. The fourth-order valence-corrected chi connectivity index (χ4v) is 1.08. The minimum atomic E-state index is -1.20. The largest absolute Gasteiger partial charge is 0.305 e. The highest BCUT2D eigenvalue weighted by molar-refractivity contribution is 7.99. The first kappa shape index (κ1) is 8.95. The van der Waals surface area contributed by atoms with Crippen molar-refractivity contribution in [3.63, 3.8) is 0 Å². The molecule has 0 rings (SSSR count). The van der Waals surface area contributed by atoms with Crippen LogP contribution in [0.15, 0.2) is 0 Å². The van der Waals surface area contributed by atoms with Crippen LogP contribution in [0.4, 0.5) is 4.39 Å². The standard InChI is InChI=1S/C6H11FOS/c1-3-9-4-5(2)6(7)8/h5H,3-4H2,1-2H3. The number of rotatable bonds is 4. The monoisotopic (exact) mass is 150 g/mol. The van der Waals surface area contributed by atoms with E-state index in [4.69, 9.17) is 0 Å². The third kappa shape index (κ3) is 4.45. The van der Waals surface area contributed by atoms with Gasteiger partial charge in [-0.15, -0.1) is 0 Å². The van der Waals surface area contributed by atoms with E-state index in [-0.39, 0.29) is 0 Å². The molecule has 54 valence electrons. The smallest absolute Gasteiger partial charge is 0.261 e. The SMILES string of the molecule is CCSCC(C)C(=O)F. The Kier molecular flexibility index (Phi) is 4.77. The van der Waals surface area contributed by atoms with Crippen LogP contribution in [-0.2, 0) is 4.79 Å². The van der Waals surface area contributed by atoms with Crippen molar-refractivity contribution in [3.8, 4) is 0 Å². The summed E-state index contributed by atoms with van der Waals surface area (Å²) in [7, 11) is 0. The lowest BCUT2D eigenvalue weighted by Gasteiger charge is -2.00. The Hall–Kier alpha value is -0.0500. The maximum Gasteiger partial charge on any atom is 0.305 e. The van der Waals surface area contributed by atoms with Crippen LogP contribution in [0.2, 0.25) is 0 Å². The molecule has 0 aliphatic rings. The van der Waals surface area contributed by atoms with Crippen molar-refractivity contribution < 1.29 is 9.18 Å². The van der Waals surface area contributed by atoms with Crippen molar-refractivity contribution in [2.75, 3.05) is 11.5 Å². The molecule has 1 nitrogen and oxygen atoms in total. The second-order valence-electron chi connectivity index (χ2n) is 1.86. The van der Waals surface area contributed by atoms with Gasteiger partial charge in [-0.1, -0.05) is 13.8 Å². The second-order valence-corrected chi connectivity index (χ2v) is 3.18. The highest BCUT2D eigenvalue weighted by Gasteiger charge is 2.09. The summed E-state index contributed by atoms with van der Waals surface area (Å²) in [6.07, 6.45) is 0. The van der Waals surface area contributed by atoms with E-state index >= 15 is 0 Å². The van der Waals surface area contributed by atoms with Gasteiger partial charge in [0.2, 0.25) is 0 Å². The Morgan fingerprint density at radius 2 is 2.33 bits per heavy atom. The summed E-state index contributed by atoms with van der Waals surface area (Å²) >= 11 is 1.58. The molecular weight excluding hydrogens is 139 g/mol. The van der Waals surface area contributed by atoms with E-state index in [1.54, 1.807) is 18.7 Å². The summed E-state index contributed by atoms with van der Waals surface area (Å²) in [6.45, 7) is 3.59. The summed E-state index contributed by atoms with van der Waals surface area (Å²) in [4.78, 5) is 9.97. The lowest BCUT2D eigenvalue weighted by atomic mass is 10.2. The molecule has 3 heteroatoms. The van der Waals surface area contributed by atoms with Gasteiger partial charge in [0.05, 0.1) is 5.92 Å². The third-order valence-electron chi connectivity index (χ3n) is 0.959. The molecule has 0 aromatic carbocycles. The Bertz CT molecular complexity index is 95.1. The zero-order chi connectivity index (χ0) is 7.28. The van der Waals surface area contributed by atoms with E-state index in [1.807, 2.05) is 6.92 Å². The molecular formula is C6H11FOS. The maximum absolute atomic E-state index is 11.8. The van der Waals surface area contributed by atoms with Crippen LogP contribution >= 0.6 is 11.8 Å². The molecule has 0 radical (unpaired) electrons. The molecule has 0 aromatic heterocycles. The molecule has 0 bridgehead atoms. The predicted octanol–water partition coefficient (Wildman–Crippen LogP) is 1.87. The molecule has 0 heterocycles. The molecule has 0 aliphatic heterocycles. The Morgan fingerprint density at radius 1 is 1.78 bits per heavy atom. The van der Waals surface area contributed by atoms with E-state index in [0.717, 1.165) is 5.75 Å². The van der Waals surface area contributed by atoms with Crippen molar-refractivity contribution >= 4 is 17.8 Å². The van der Waals surface area contributed by atoms with Gasteiger partial charge in [-0.25, -0.2) is 0 Å². The van der Waals surface area contributed by atoms with Crippen LogP contribution in [0.1, 0.15) is 13.8 Å². The molecule has 0 fully saturated rings. The van der Waals surface area contributed by atoms with Crippen LogP contribution in [0, 0.1) is 5.92 Å². The second kappa shape index (κ2) is 4.79. The number of halogens is 1. The predicted molar refractivity (Wildman–Crippen MR) is 38.3 cm³/mol. The summed E-state index contributed by atoms with van der Waals surface area (Å²) in [6, 6.07) is -1.20. The van der Waals surface area contributed by atoms with Gasteiger partial charge in [-0.2, -0.15) is 16.2 Å². The zero-order valence-corrected chi connectivity index (χ0v) is 6.50. The Labute approximate surface area is 59.0 Å². The normalized spacial score (nSPS) is 13.2. The molecule has 0 amide bonds. The number of thioether (sulfide) groups is 1. The van der Waals surface area contributed by atoms with E-state index < -0.39 is 12.0 Å². The average molecular weight is 150 g/mol. The van der Waals surface area contributed by atoms with Crippen LogP contribution in [0.5, 0.6) is 0 Å². The third-order valence-corrected chi connectivity index (χ3v) is 2.10. The van der Waals surface area contributed by atoms with Crippen LogP contribution in [0.25, 0.3) is 0 Å². The molecule has 0 saturated carbocycles. The molecule has 0 aliphatic carbocycles. The van der Waals surface area contributed by atoms with E-state index in [9.17, 15) is 9.18 Å². The first-order chi connectivity index (χ1) is 4.18. The first-order valence-corrected chi connectivity index (χ1v) is 4.11. The summed E-state index contributed by atoms with van der Waals surface area (Å²) in [5.41, 5.74) is 0.